The van der Waals surface area contributed by atoms with Crippen molar-refractivity contribution in [3.05, 3.63) is 35.3 Å². The average Bonchev–Trinajstić information content (AvgIpc) is 3.64. The van der Waals surface area contributed by atoms with Gasteiger partial charge in [0.15, 0.2) is 5.78 Å². The molecule has 4 rings (SSSR count). The van der Waals surface area contributed by atoms with Gasteiger partial charge in [0.2, 0.25) is 17.7 Å². The van der Waals surface area contributed by atoms with Gasteiger partial charge >= 0.3 is 5.97 Å². The molecule has 2 aromatic carbocycles. The Bertz CT molecular complexity index is 1710. The number of benzene rings is 2. The number of unbranched alkanes of at least 4 members (excludes halogenated alkanes) is 1. The van der Waals surface area contributed by atoms with Gasteiger partial charge in [0.1, 0.15) is 15.7 Å². The number of amides is 3. The molecule has 1 aromatic heterocycles. The van der Waals surface area contributed by atoms with Crippen LogP contribution in [0.5, 0.6) is 0 Å². The number of hydrogen-bond donors (Lipinski definition) is 3. The van der Waals surface area contributed by atoms with E-state index in [0.29, 0.717) is 31.5 Å². The fourth-order valence-electron chi connectivity index (χ4n) is 5.25. The minimum Gasteiger partial charge on any atom is -0.460 e. The van der Waals surface area contributed by atoms with Gasteiger partial charge in [-0.2, -0.15) is 0 Å². The Morgan fingerprint density at radius 1 is 1.06 bits per heavy atom. The van der Waals surface area contributed by atoms with Gasteiger partial charge < -0.3 is 20.7 Å². The molecule has 0 fully saturated rings. The van der Waals surface area contributed by atoms with Gasteiger partial charge in [0, 0.05) is 49.1 Å². The Morgan fingerprint density at radius 3 is 2.52 bits per heavy atom. The molecule has 48 heavy (non-hydrogen) atoms. The molecule has 3 unspecified atom stereocenters. The Kier molecular flexibility index (Phi) is 12.7. The lowest BCUT2D eigenvalue weighted by Gasteiger charge is -2.20. The Hall–Kier alpha value is -3.84. The Morgan fingerprint density at radius 2 is 1.83 bits per heavy atom. The number of nitrogens with zero attached hydrogens (tertiary/aromatic N) is 2. The van der Waals surface area contributed by atoms with Gasteiger partial charge in [-0.25, -0.2) is 4.98 Å². The second-order valence-corrected chi connectivity index (χ2v) is 15.2. The molecule has 3 atom stereocenters. The van der Waals surface area contributed by atoms with Gasteiger partial charge in [-0.1, -0.05) is 18.6 Å². The molecule has 0 radical (unpaired) electrons. The number of aliphatic imine (C=N–C) groups is 1. The maximum atomic E-state index is 13.6. The third kappa shape index (κ3) is 10.8. The summed E-state index contributed by atoms with van der Waals surface area (Å²) in [5, 5.41) is 12.3. The fourth-order valence-corrected chi connectivity index (χ4v) is 7.44. The maximum absolute atomic E-state index is 13.6. The highest BCUT2D eigenvalue weighted by molar-refractivity contribution is 8.15. The van der Waals surface area contributed by atoms with Crippen LogP contribution >= 0.6 is 23.1 Å². The molecule has 11 nitrogen and oxygen atoms in total. The van der Waals surface area contributed by atoms with E-state index in [0.717, 1.165) is 36.8 Å². The molecule has 3 N–H and O–H groups in total. The number of nitrogens with one attached hydrogen (secondary N) is 3. The van der Waals surface area contributed by atoms with E-state index in [9.17, 15) is 24.0 Å². The normalized spacial score (nSPS) is 15.9. The van der Waals surface area contributed by atoms with Crippen molar-refractivity contribution in [1.82, 2.24) is 15.6 Å². The van der Waals surface area contributed by atoms with E-state index >= 15 is 0 Å². The number of Topliss-reactive ketones (excluding diaryl/α,β-unsaturated/α-hetero) is 1. The largest absolute Gasteiger partial charge is 0.460 e. The maximum Gasteiger partial charge on any atom is 0.306 e. The topological polar surface area (TPSA) is 156 Å². The summed E-state index contributed by atoms with van der Waals surface area (Å²) in [6.45, 7) is 10.9. The first-order chi connectivity index (χ1) is 22.7. The molecular weight excluding hydrogens is 651 g/mol. The van der Waals surface area contributed by atoms with Crippen LogP contribution in [0.2, 0.25) is 0 Å². The van der Waals surface area contributed by atoms with E-state index < -0.39 is 29.4 Å². The van der Waals surface area contributed by atoms with Crippen LogP contribution in [0.25, 0.3) is 21.0 Å². The summed E-state index contributed by atoms with van der Waals surface area (Å²) in [6.07, 6.45) is 1.42. The predicted molar refractivity (Wildman–Crippen MR) is 193 cm³/mol. The first kappa shape index (κ1) is 37.0. The molecule has 258 valence electrons. The highest BCUT2D eigenvalue weighted by atomic mass is 32.2. The molecule has 1 aliphatic rings. The zero-order chi connectivity index (χ0) is 35.0. The summed E-state index contributed by atoms with van der Waals surface area (Å²) >= 11 is 3.35. The van der Waals surface area contributed by atoms with Crippen LogP contribution in [0.15, 0.2) is 35.3 Å². The van der Waals surface area contributed by atoms with Crippen molar-refractivity contribution in [2.45, 2.75) is 97.8 Å². The molecular formula is C35H45N5O6S2. The van der Waals surface area contributed by atoms with Crippen LogP contribution in [-0.4, -0.2) is 69.5 Å². The van der Waals surface area contributed by atoms with Gasteiger partial charge in [0.05, 0.1) is 28.7 Å². The summed E-state index contributed by atoms with van der Waals surface area (Å²) < 4.78 is 6.30. The van der Waals surface area contributed by atoms with Crippen molar-refractivity contribution >= 4 is 84.3 Å². The van der Waals surface area contributed by atoms with Gasteiger partial charge in [-0.05, 0) is 71.0 Å². The highest BCUT2D eigenvalue weighted by Crippen LogP contribution is 2.35. The van der Waals surface area contributed by atoms with E-state index in [1.165, 1.54) is 6.92 Å². The lowest BCUT2D eigenvalue weighted by atomic mass is 9.92. The number of ketones is 1. The lowest BCUT2D eigenvalue weighted by molar-refractivity contribution is -0.155. The van der Waals surface area contributed by atoms with Crippen molar-refractivity contribution in [3.8, 4) is 0 Å². The number of aromatic nitrogens is 1. The number of ether oxygens (including phenoxy) is 1. The molecule has 3 aromatic rings. The minimum absolute atomic E-state index is 0.0716. The summed E-state index contributed by atoms with van der Waals surface area (Å²) in [6, 6.07) is 9.16. The van der Waals surface area contributed by atoms with E-state index in [2.05, 4.69) is 22.9 Å². The van der Waals surface area contributed by atoms with Crippen molar-refractivity contribution in [3.63, 3.8) is 0 Å². The fraction of sp³-hybridized carbons (Fsp3) is 0.514. The first-order valence-corrected chi connectivity index (χ1v) is 18.1. The van der Waals surface area contributed by atoms with Crippen LogP contribution in [0.1, 0.15) is 85.1 Å². The van der Waals surface area contributed by atoms with Gasteiger partial charge in [-0.15, -0.1) is 23.1 Å². The van der Waals surface area contributed by atoms with Crippen molar-refractivity contribution in [1.29, 1.82) is 0 Å². The molecule has 0 saturated heterocycles. The van der Waals surface area contributed by atoms with Gasteiger partial charge in [-0.3, -0.25) is 29.0 Å². The summed E-state index contributed by atoms with van der Waals surface area (Å²) in [5.41, 5.74) is 0.869. The monoisotopic (exact) mass is 695 g/mol. The number of thiazole rings is 1. The Labute approximate surface area is 289 Å². The number of hydrogen-bond acceptors (Lipinski definition) is 10. The summed E-state index contributed by atoms with van der Waals surface area (Å²) in [7, 11) is 0. The number of esters is 1. The number of fused-ring (bicyclic) bond motifs is 3. The third-order valence-corrected chi connectivity index (χ3v) is 10.1. The van der Waals surface area contributed by atoms with Crippen molar-refractivity contribution < 1.29 is 28.7 Å². The minimum atomic E-state index is -0.838. The van der Waals surface area contributed by atoms with E-state index in [-0.39, 0.29) is 42.9 Å². The number of anilines is 1. The number of thioether (sulfide) groups is 1. The molecule has 0 saturated carbocycles. The predicted octanol–water partition coefficient (Wildman–Crippen LogP) is 5.78. The zero-order valence-electron chi connectivity index (χ0n) is 28.4. The molecule has 0 aliphatic carbocycles. The zero-order valence-corrected chi connectivity index (χ0v) is 30.1. The van der Waals surface area contributed by atoms with Crippen LogP contribution in [0.3, 0.4) is 0 Å². The van der Waals surface area contributed by atoms with E-state index in [4.69, 9.17) is 14.7 Å². The molecule has 0 spiro atoms. The van der Waals surface area contributed by atoms with E-state index in [1.54, 1.807) is 50.8 Å². The molecule has 1 aliphatic heterocycles. The van der Waals surface area contributed by atoms with Crippen molar-refractivity contribution in [2.75, 3.05) is 17.6 Å². The van der Waals surface area contributed by atoms with Crippen LogP contribution < -0.4 is 16.0 Å². The molecule has 0 bridgehead atoms. The second kappa shape index (κ2) is 16.5. The van der Waals surface area contributed by atoms with Crippen LogP contribution in [0, 0.1) is 5.92 Å². The summed E-state index contributed by atoms with van der Waals surface area (Å²) in [4.78, 5) is 72.0. The van der Waals surface area contributed by atoms with Crippen LogP contribution in [0.4, 0.5) is 5.69 Å². The smallest absolute Gasteiger partial charge is 0.306 e. The van der Waals surface area contributed by atoms with Crippen LogP contribution in [-0.2, 0) is 28.7 Å². The second-order valence-electron chi connectivity index (χ2n) is 13.2. The molecule has 2 heterocycles. The Balaban J connectivity index is 1.41. The average molecular weight is 696 g/mol. The first-order valence-electron chi connectivity index (χ1n) is 16.3. The van der Waals surface area contributed by atoms with Crippen molar-refractivity contribution in [2.24, 2.45) is 10.9 Å². The standard InChI is InChI=1S/C35H45N5O6S2/c1-20-19-47-33(37-20)34-40-27-13-10-23-17-25(11-12-26(23)31(27)48-34)39-32(45)24(9-7-8-16-36-22(3)41)18-28(42)21(2)38-29(43)14-15-30(44)46-35(4,5)6/h10-13,17,20-21,24H,7-9,14-16,18-19H2,1-6H3,(H,36,41)(H,38,43)(H,39,45). The quantitative estimate of drug-likeness (QED) is 0.134. The summed E-state index contributed by atoms with van der Waals surface area (Å²) in [5.74, 6) is -1.33. The molecule has 3 amide bonds. The number of carbonyl (C=O) groups excluding carboxylic acids is 5. The van der Waals surface area contributed by atoms with Gasteiger partial charge in [0.25, 0.3) is 0 Å². The molecule has 13 heteroatoms. The third-order valence-electron chi connectivity index (χ3n) is 7.63. The number of carbonyl (C=O) groups is 5. The lowest BCUT2D eigenvalue weighted by Crippen LogP contribution is -2.40. The highest BCUT2D eigenvalue weighted by Gasteiger charge is 2.26. The SMILES string of the molecule is CC(=O)NCCCCC(CC(=O)C(C)NC(=O)CCC(=O)OC(C)(C)C)C(=O)Nc1ccc2c(ccc3nc(C4=NC(C)CS4)sc32)c1. The number of rotatable bonds is 15. The van der Waals surface area contributed by atoms with E-state index in [1.807, 2.05) is 30.3 Å².